The maximum Gasteiger partial charge on any atom is 0.222 e. The molecule has 1 fully saturated rings. The number of hydrogen-bond donors (Lipinski definition) is 2. The largest absolute Gasteiger partial charge is 0.379 e. The highest BCUT2D eigenvalue weighted by atomic mass is 16.1. The first kappa shape index (κ1) is 12.6. The lowest BCUT2D eigenvalue weighted by molar-refractivity contribution is -0.120. The molecule has 1 amide bonds. The van der Waals surface area contributed by atoms with Gasteiger partial charge in [-0.1, -0.05) is 0 Å². The maximum atomic E-state index is 11.6. The van der Waals surface area contributed by atoms with Gasteiger partial charge in [0.2, 0.25) is 5.91 Å². The fourth-order valence-electron chi connectivity index (χ4n) is 2.33. The zero-order chi connectivity index (χ0) is 13.8. The molecule has 2 aromatic rings. The van der Waals surface area contributed by atoms with Crippen LogP contribution in [0.5, 0.6) is 0 Å². The fraction of sp³-hybridized carbons (Fsp3) is 0.385. The van der Waals surface area contributed by atoms with E-state index in [1.807, 2.05) is 12.1 Å². The van der Waals surface area contributed by atoms with Gasteiger partial charge in [-0.15, -0.1) is 0 Å². The standard InChI is InChI=1S/C13H16N6O/c20-12-7-10(3-1-5-15-12)18-11-4-2-6-16-13(11)19-9-14-8-17-19/h2,4,6,8-10,18H,1,3,5,7H2,(H,15,20). The van der Waals surface area contributed by atoms with E-state index in [1.165, 1.54) is 6.33 Å². The fourth-order valence-corrected chi connectivity index (χ4v) is 2.33. The Morgan fingerprint density at radius 1 is 1.45 bits per heavy atom. The second-order valence-electron chi connectivity index (χ2n) is 4.75. The number of nitrogens with one attached hydrogen (secondary N) is 2. The minimum absolute atomic E-state index is 0.0891. The molecule has 0 saturated carbocycles. The average molecular weight is 272 g/mol. The number of carbonyl (C=O) groups excluding carboxylic acids is 1. The first-order valence-corrected chi connectivity index (χ1v) is 6.66. The van der Waals surface area contributed by atoms with Gasteiger partial charge in [0, 0.05) is 25.2 Å². The Hall–Kier alpha value is -2.44. The highest BCUT2D eigenvalue weighted by Crippen LogP contribution is 2.20. The molecule has 1 atom stereocenters. The summed E-state index contributed by atoms with van der Waals surface area (Å²) in [5, 5.41) is 10.4. The van der Waals surface area contributed by atoms with Crippen LogP contribution < -0.4 is 10.6 Å². The van der Waals surface area contributed by atoms with Crippen molar-refractivity contribution in [2.45, 2.75) is 25.3 Å². The molecule has 0 aromatic carbocycles. The number of carbonyl (C=O) groups is 1. The zero-order valence-electron chi connectivity index (χ0n) is 11.0. The van der Waals surface area contributed by atoms with Crippen molar-refractivity contribution in [1.82, 2.24) is 25.1 Å². The van der Waals surface area contributed by atoms with Crippen molar-refractivity contribution < 1.29 is 4.79 Å². The molecule has 0 spiro atoms. The summed E-state index contributed by atoms with van der Waals surface area (Å²) in [5.41, 5.74) is 0.859. The molecule has 104 valence electrons. The molecular formula is C13H16N6O. The molecule has 0 bridgehead atoms. The number of aromatic nitrogens is 4. The summed E-state index contributed by atoms with van der Waals surface area (Å²) in [6, 6.07) is 3.91. The molecule has 1 aliphatic heterocycles. The Bertz CT molecular complexity index is 582. The van der Waals surface area contributed by atoms with Gasteiger partial charge in [-0.2, -0.15) is 5.10 Å². The monoisotopic (exact) mass is 272 g/mol. The van der Waals surface area contributed by atoms with Gasteiger partial charge < -0.3 is 10.6 Å². The normalized spacial score (nSPS) is 19.2. The topological polar surface area (TPSA) is 84.7 Å². The minimum atomic E-state index is 0.0891. The molecule has 2 N–H and O–H groups in total. The predicted octanol–water partition coefficient (Wildman–Crippen LogP) is 0.743. The number of nitrogens with zero attached hydrogens (tertiary/aromatic N) is 4. The molecule has 0 aliphatic carbocycles. The van der Waals surface area contributed by atoms with Crippen LogP contribution in [0.25, 0.3) is 5.82 Å². The van der Waals surface area contributed by atoms with Gasteiger partial charge in [0.05, 0.1) is 5.69 Å². The number of hydrogen-bond acceptors (Lipinski definition) is 5. The predicted molar refractivity (Wildman–Crippen MR) is 73.4 cm³/mol. The lowest BCUT2D eigenvalue weighted by Gasteiger charge is -2.18. The van der Waals surface area contributed by atoms with Crippen LogP contribution in [0.1, 0.15) is 19.3 Å². The van der Waals surface area contributed by atoms with Crippen LogP contribution >= 0.6 is 0 Å². The highest BCUT2D eigenvalue weighted by Gasteiger charge is 2.18. The summed E-state index contributed by atoms with van der Waals surface area (Å²) in [6.45, 7) is 0.750. The van der Waals surface area contributed by atoms with E-state index in [4.69, 9.17) is 0 Å². The van der Waals surface area contributed by atoms with Crippen LogP contribution in [0.2, 0.25) is 0 Å². The van der Waals surface area contributed by atoms with Crippen molar-refractivity contribution in [2.24, 2.45) is 0 Å². The van der Waals surface area contributed by atoms with E-state index in [0.29, 0.717) is 12.2 Å². The smallest absolute Gasteiger partial charge is 0.222 e. The number of anilines is 1. The quantitative estimate of drug-likeness (QED) is 0.861. The van der Waals surface area contributed by atoms with Crippen molar-refractivity contribution >= 4 is 11.6 Å². The number of pyridine rings is 1. The second kappa shape index (κ2) is 5.68. The lowest BCUT2D eigenvalue weighted by Crippen LogP contribution is -2.27. The molecule has 1 unspecified atom stereocenters. The van der Waals surface area contributed by atoms with Crippen LogP contribution in [0.15, 0.2) is 31.0 Å². The van der Waals surface area contributed by atoms with E-state index in [1.54, 1.807) is 17.2 Å². The van der Waals surface area contributed by atoms with Gasteiger partial charge in [0.25, 0.3) is 0 Å². The molecule has 1 aliphatic rings. The van der Waals surface area contributed by atoms with Crippen LogP contribution in [0.4, 0.5) is 5.69 Å². The summed E-state index contributed by atoms with van der Waals surface area (Å²) in [4.78, 5) is 19.9. The maximum absolute atomic E-state index is 11.6. The van der Waals surface area contributed by atoms with E-state index in [9.17, 15) is 4.79 Å². The molecule has 0 radical (unpaired) electrons. The third-order valence-electron chi connectivity index (χ3n) is 3.27. The molecule has 2 aromatic heterocycles. The Morgan fingerprint density at radius 2 is 2.40 bits per heavy atom. The van der Waals surface area contributed by atoms with E-state index in [0.717, 1.165) is 25.1 Å². The van der Waals surface area contributed by atoms with E-state index >= 15 is 0 Å². The van der Waals surface area contributed by atoms with E-state index < -0.39 is 0 Å². The van der Waals surface area contributed by atoms with Gasteiger partial charge >= 0.3 is 0 Å². The third-order valence-corrected chi connectivity index (χ3v) is 3.27. The van der Waals surface area contributed by atoms with Gasteiger partial charge in [0.1, 0.15) is 12.7 Å². The van der Waals surface area contributed by atoms with E-state index in [2.05, 4.69) is 25.7 Å². The number of amides is 1. The molecule has 7 heteroatoms. The highest BCUT2D eigenvalue weighted by molar-refractivity contribution is 5.77. The molecular weight excluding hydrogens is 256 g/mol. The Labute approximate surface area is 116 Å². The molecule has 20 heavy (non-hydrogen) atoms. The first-order chi connectivity index (χ1) is 9.83. The lowest BCUT2D eigenvalue weighted by atomic mass is 10.1. The Balaban J connectivity index is 1.82. The summed E-state index contributed by atoms with van der Waals surface area (Å²) in [5.74, 6) is 0.779. The third kappa shape index (κ3) is 2.76. The first-order valence-electron chi connectivity index (χ1n) is 6.66. The molecule has 3 rings (SSSR count). The van der Waals surface area contributed by atoms with Crippen LogP contribution in [-0.4, -0.2) is 38.2 Å². The van der Waals surface area contributed by atoms with Gasteiger partial charge in [-0.05, 0) is 25.0 Å². The van der Waals surface area contributed by atoms with Crippen molar-refractivity contribution in [3.05, 3.63) is 31.0 Å². The summed E-state index contributed by atoms with van der Waals surface area (Å²) in [7, 11) is 0. The number of rotatable bonds is 3. The van der Waals surface area contributed by atoms with Crippen LogP contribution in [0, 0.1) is 0 Å². The van der Waals surface area contributed by atoms with Gasteiger partial charge in [0.15, 0.2) is 5.82 Å². The summed E-state index contributed by atoms with van der Waals surface area (Å²) >= 11 is 0. The van der Waals surface area contributed by atoms with E-state index in [-0.39, 0.29) is 11.9 Å². The minimum Gasteiger partial charge on any atom is -0.379 e. The van der Waals surface area contributed by atoms with Crippen molar-refractivity contribution in [1.29, 1.82) is 0 Å². The zero-order valence-corrected chi connectivity index (χ0v) is 11.0. The second-order valence-corrected chi connectivity index (χ2v) is 4.75. The summed E-state index contributed by atoms with van der Waals surface area (Å²) < 4.78 is 1.61. The van der Waals surface area contributed by atoms with Crippen LogP contribution in [0.3, 0.4) is 0 Å². The van der Waals surface area contributed by atoms with Crippen molar-refractivity contribution in [3.8, 4) is 5.82 Å². The SMILES string of the molecule is O=C1CC(Nc2cccnc2-n2cncn2)CCCN1. The van der Waals surface area contributed by atoms with Gasteiger partial charge in [-0.3, -0.25) is 4.79 Å². The van der Waals surface area contributed by atoms with Crippen molar-refractivity contribution in [2.75, 3.05) is 11.9 Å². The Kier molecular flexibility index (Phi) is 3.58. The Morgan fingerprint density at radius 3 is 3.25 bits per heavy atom. The van der Waals surface area contributed by atoms with Gasteiger partial charge in [-0.25, -0.2) is 14.6 Å². The van der Waals surface area contributed by atoms with Crippen molar-refractivity contribution in [3.63, 3.8) is 0 Å². The molecule has 7 nitrogen and oxygen atoms in total. The molecule has 1 saturated heterocycles. The van der Waals surface area contributed by atoms with Crippen LogP contribution in [-0.2, 0) is 4.79 Å². The average Bonchev–Trinajstić information content (AvgIpc) is 2.90. The summed E-state index contributed by atoms with van der Waals surface area (Å²) in [6.07, 6.45) is 7.19. The molecule has 3 heterocycles.